The molecule has 4 atom stereocenters. The monoisotopic (exact) mass is 349 g/mol. The minimum Gasteiger partial charge on any atom is -0.387 e. The van der Waals surface area contributed by atoms with Crippen LogP contribution in [0.1, 0.15) is 6.23 Å². The second-order valence-electron chi connectivity index (χ2n) is 4.87. The molecule has 1 aliphatic rings. The molecule has 23 heavy (non-hydrogen) atoms. The number of alkyl halides is 1. The summed E-state index contributed by atoms with van der Waals surface area (Å²) in [7, 11) is -4.76. The second kappa shape index (κ2) is 5.74. The molecule has 4 unspecified atom stereocenters. The van der Waals surface area contributed by atoms with E-state index in [-0.39, 0.29) is 17.0 Å². The van der Waals surface area contributed by atoms with Crippen molar-refractivity contribution in [2.45, 2.75) is 24.6 Å². The maximum Gasteiger partial charge on any atom is 0.469 e. The van der Waals surface area contributed by atoms with E-state index in [0.717, 1.165) is 0 Å². The van der Waals surface area contributed by atoms with Crippen molar-refractivity contribution in [1.82, 2.24) is 19.5 Å². The molecule has 0 spiro atoms. The molecule has 0 radical (unpaired) electrons. The predicted octanol–water partition coefficient (Wildman–Crippen LogP) is -0.886. The minimum atomic E-state index is -4.76. The van der Waals surface area contributed by atoms with E-state index in [1.54, 1.807) is 0 Å². The Bertz CT molecular complexity index is 767. The fraction of sp³-hybridized carbons (Fsp3) is 0.500. The highest BCUT2D eigenvalue weighted by atomic mass is 31.2. The van der Waals surface area contributed by atoms with Crippen LogP contribution in [0.25, 0.3) is 11.2 Å². The highest BCUT2D eigenvalue weighted by Gasteiger charge is 2.46. The number of anilines is 1. The Balaban J connectivity index is 1.85. The van der Waals surface area contributed by atoms with Crippen LogP contribution in [0.15, 0.2) is 12.7 Å². The molecule has 0 amide bonds. The molecule has 0 saturated carbocycles. The van der Waals surface area contributed by atoms with Crippen molar-refractivity contribution < 1.29 is 33.1 Å². The summed E-state index contributed by atoms with van der Waals surface area (Å²) >= 11 is 0. The Morgan fingerprint density at radius 1 is 1.43 bits per heavy atom. The van der Waals surface area contributed by atoms with Gasteiger partial charge in [-0.1, -0.05) is 0 Å². The first kappa shape index (κ1) is 16.2. The van der Waals surface area contributed by atoms with Gasteiger partial charge in [-0.25, -0.2) is 23.9 Å². The first-order valence-electron chi connectivity index (χ1n) is 6.38. The fourth-order valence-corrected chi connectivity index (χ4v) is 2.63. The molecular formula is C10H13FN5O6P. The average Bonchev–Trinajstić information content (AvgIpc) is 3.01. The van der Waals surface area contributed by atoms with Crippen molar-refractivity contribution in [3.05, 3.63) is 12.7 Å². The summed E-state index contributed by atoms with van der Waals surface area (Å²) in [5.41, 5.74) is 6.08. The van der Waals surface area contributed by atoms with Gasteiger partial charge in [-0.15, -0.1) is 0 Å². The zero-order valence-electron chi connectivity index (χ0n) is 11.4. The minimum absolute atomic E-state index is 0.101. The van der Waals surface area contributed by atoms with E-state index in [1.807, 2.05) is 0 Å². The molecule has 1 aliphatic heterocycles. The van der Waals surface area contributed by atoms with Crippen molar-refractivity contribution in [1.29, 1.82) is 0 Å². The van der Waals surface area contributed by atoms with Gasteiger partial charge in [0.25, 0.3) is 0 Å². The van der Waals surface area contributed by atoms with E-state index in [9.17, 15) is 14.1 Å². The number of fused-ring (bicyclic) bond motifs is 1. The lowest BCUT2D eigenvalue weighted by Crippen LogP contribution is -2.31. The Morgan fingerprint density at radius 3 is 2.87 bits per heavy atom. The van der Waals surface area contributed by atoms with Crippen molar-refractivity contribution in [3.63, 3.8) is 0 Å². The van der Waals surface area contributed by atoms with E-state index < -0.39 is 39.0 Å². The van der Waals surface area contributed by atoms with Crippen molar-refractivity contribution in [3.8, 4) is 0 Å². The molecule has 13 heteroatoms. The highest BCUT2D eigenvalue weighted by Crippen LogP contribution is 2.39. The number of phosphoric acid groups is 1. The molecule has 3 rings (SSSR count). The van der Waals surface area contributed by atoms with Gasteiger partial charge in [0.2, 0.25) is 0 Å². The van der Waals surface area contributed by atoms with Gasteiger partial charge < -0.3 is 25.4 Å². The van der Waals surface area contributed by atoms with Gasteiger partial charge >= 0.3 is 7.82 Å². The molecular weight excluding hydrogens is 336 g/mol. The Morgan fingerprint density at radius 2 is 2.17 bits per heavy atom. The Labute approximate surface area is 128 Å². The van der Waals surface area contributed by atoms with E-state index in [2.05, 4.69) is 19.5 Å². The lowest BCUT2D eigenvalue weighted by molar-refractivity contribution is -0.0451. The fourth-order valence-electron chi connectivity index (χ4n) is 2.29. The Hall–Kier alpha value is -1.69. The maximum absolute atomic E-state index is 14.3. The first-order valence-corrected chi connectivity index (χ1v) is 7.91. The van der Waals surface area contributed by atoms with Crippen LogP contribution in [0.4, 0.5) is 10.2 Å². The van der Waals surface area contributed by atoms with Gasteiger partial charge in [-0.2, -0.15) is 0 Å². The highest BCUT2D eigenvalue weighted by molar-refractivity contribution is 7.46. The third kappa shape index (κ3) is 3.04. The zero-order valence-corrected chi connectivity index (χ0v) is 12.3. The molecule has 126 valence electrons. The molecule has 5 N–H and O–H groups in total. The van der Waals surface area contributed by atoms with Gasteiger partial charge in [0.05, 0.1) is 12.9 Å². The van der Waals surface area contributed by atoms with Crippen LogP contribution in [0.3, 0.4) is 0 Å². The summed E-state index contributed by atoms with van der Waals surface area (Å²) in [5.74, 6) is 0.101. The number of aliphatic hydroxyl groups is 1. The molecule has 1 fully saturated rings. The average molecular weight is 349 g/mol. The lowest BCUT2D eigenvalue weighted by Gasteiger charge is -2.15. The largest absolute Gasteiger partial charge is 0.469 e. The van der Waals surface area contributed by atoms with E-state index >= 15 is 0 Å². The number of aliphatic hydroxyl groups excluding tert-OH is 1. The zero-order chi connectivity index (χ0) is 16.8. The van der Waals surface area contributed by atoms with Crippen molar-refractivity contribution >= 4 is 24.8 Å². The molecule has 3 heterocycles. The second-order valence-corrected chi connectivity index (χ2v) is 6.11. The molecule has 0 aromatic carbocycles. The standard InChI is InChI=1S/C10H13FN5O6P/c11-5-7(17)4(1-21-23(18,19)20)22-10(5)16-3-15-6-8(12)13-2-14-9(6)16/h2-5,7,10,17H,1H2,(H2,12,13,14)(H2,18,19,20). The smallest absolute Gasteiger partial charge is 0.387 e. The molecule has 1 saturated heterocycles. The molecule has 11 nitrogen and oxygen atoms in total. The topological polar surface area (TPSA) is 166 Å². The van der Waals surface area contributed by atoms with Crippen LogP contribution in [-0.2, 0) is 13.8 Å². The van der Waals surface area contributed by atoms with E-state index in [0.29, 0.717) is 0 Å². The Kier molecular flexibility index (Phi) is 4.04. The summed E-state index contributed by atoms with van der Waals surface area (Å²) < 4.78 is 35.8. The quantitative estimate of drug-likeness (QED) is 0.509. The third-order valence-corrected chi connectivity index (χ3v) is 3.85. The van der Waals surface area contributed by atoms with Crippen LogP contribution in [0, 0.1) is 0 Å². The van der Waals surface area contributed by atoms with Crippen LogP contribution in [-0.4, -0.2) is 59.4 Å². The summed E-state index contributed by atoms with van der Waals surface area (Å²) in [4.78, 5) is 29.0. The number of nitrogens with two attached hydrogens (primary N) is 1. The molecule has 0 aliphatic carbocycles. The van der Waals surface area contributed by atoms with Gasteiger partial charge in [0.15, 0.2) is 23.9 Å². The van der Waals surface area contributed by atoms with Crippen LogP contribution >= 0.6 is 7.82 Å². The maximum atomic E-state index is 14.3. The van der Waals surface area contributed by atoms with Crippen LogP contribution in [0.2, 0.25) is 0 Å². The first-order chi connectivity index (χ1) is 10.8. The summed E-state index contributed by atoms with van der Waals surface area (Å²) in [6.45, 7) is -0.674. The lowest BCUT2D eigenvalue weighted by atomic mass is 10.1. The number of phosphoric ester groups is 1. The van der Waals surface area contributed by atoms with Crippen LogP contribution in [0.5, 0.6) is 0 Å². The third-order valence-electron chi connectivity index (χ3n) is 3.36. The number of nitrogens with zero attached hydrogens (tertiary/aromatic N) is 4. The summed E-state index contributed by atoms with van der Waals surface area (Å²) in [6.07, 6.45) is -3.68. The number of hydrogen-bond acceptors (Lipinski definition) is 8. The van der Waals surface area contributed by atoms with Crippen molar-refractivity contribution in [2.24, 2.45) is 0 Å². The number of imidazole rings is 1. The summed E-state index contributed by atoms with van der Waals surface area (Å²) in [6, 6.07) is 0. The molecule has 2 aromatic rings. The van der Waals surface area contributed by atoms with Gasteiger partial charge in [0, 0.05) is 0 Å². The predicted molar refractivity (Wildman–Crippen MR) is 72.5 cm³/mol. The van der Waals surface area contributed by atoms with Crippen LogP contribution < -0.4 is 5.73 Å². The molecule has 2 aromatic heterocycles. The number of hydrogen-bond donors (Lipinski definition) is 4. The summed E-state index contributed by atoms with van der Waals surface area (Å²) in [5, 5.41) is 9.83. The molecule has 0 bridgehead atoms. The van der Waals surface area contributed by atoms with Gasteiger partial charge in [-0.3, -0.25) is 9.09 Å². The number of aromatic nitrogens is 4. The van der Waals surface area contributed by atoms with Crippen molar-refractivity contribution in [2.75, 3.05) is 12.3 Å². The van der Waals surface area contributed by atoms with Gasteiger partial charge in [0.1, 0.15) is 24.1 Å². The van der Waals surface area contributed by atoms with E-state index in [1.165, 1.54) is 17.2 Å². The van der Waals surface area contributed by atoms with E-state index in [4.69, 9.17) is 20.3 Å². The SMILES string of the molecule is Nc1ncnc2c1ncn2C1OC(COP(=O)(O)O)C(O)C1F. The number of rotatable bonds is 4. The van der Waals surface area contributed by atoms with Gasteiger partial charge in [-0.05, 0) is 0 Å². The normalized spacial score (nSPS) is 28.5. The number of nitrogen functional groups attached to an aromatic ring is 1. The number of ether oxygens (including phenoxy) is 1. The number of halogens is 1.